The molecule has 2 aliphatic heterocycles. The Morgan fingerprint density at radius 1 is 1.21 bits per heavy atom. The normalized spacial score (nSPS) is 26.2. The number of carbonyl (C=O) groups is 1. The van der Waals surface area contributed by atoms with Crippen LogP contribution in [0.25, 0.3) is 0 Å². The molecule has 0 aromatic heterocycles. The number of hydrogen-bond donors (Lipinski definition) is 1. The molecule has 2 fully saturated rings. The van der Waals surface area contributed by atoms with E-state index in [1.165, 1.54) is 5.56 Å². The molecule has 4 heteroatoms. The van der Waals surface area contributed by atoms with Gasteiger partial charge in [0.05, 0.1) is 5.41 Å². The first kappa shape index (κ1) is 17.4. The molecule has 24 heavy (non-hydrogen) atoms. The lowest BCUT2D eigenvalue weighted by molar-refractivity contribution is -0.144. The molecule has 1 atom stereocenters. The van der Waals surface area contributed by atoms with Crippen molar-refractivity contribution in [2.45, 2.75) is 51.5 Å². The van der Waals surface area contributed by atoms with Crippen LogP contribution in [0, 0.1) is 12.3 Å². The molecule has 132 valence electrons. The Hall–Kier alpha value is -1.39. The van der Waals surface area contributed by atoms with Crippen LogP contribution in [0.15, 0.2) is 24.3 Å². The van der Waals surface area contributed by atoms with Crippen molar-refractivity contribution in [3.05, 3.63) is 35.4 Å². The molecule has 1 amide bonds. The number of nitrogens with zero attached hydrogens (tertiary/aromatic N) is 1. The van der Waals surface area contributed by atoms with Gasteiger partial charge in [-0.2, -0.15) is 0 Å². The summed E-state index contributed by atoms with van der Waals surface area (Å²) in [6.45, 7) is 9.21. The Morgan fingerprint density at radius 3 is 2.42 bits per heavy atom. The van der Waals surface area contributed by atoms with Crippen LogP contribution in [0.2, 0.25) is 0 Å². The molecule has 2 N–H and O–H groups in total. The van der Waals surface area contributed by atoms with E-state index in [1.807, 2.05) is 0 Å². The lowest BCUT2D eigenvalue weighted by Crippen LogP contribution is -2.58. The Kier molecular flexibility index (Phi) is 4.71. The molecule has 0 radical (unpaired) electrons. The van der Waals surface area contributed by atoms with Crippen molar-refractivity contribution in [2.75, 3.05) is 26.3 Å². The van der Waals surface area contributed by atoms with E-state index < -0.39 is 5.41 Å². The van der Waals surface area contributed by atoms with Crippen LogP contribution in [0.4, 0.5) is 0 Å². The number of ether oxygens (including phenoxy) is 1. The Morgan fingerprint density at radius 2 is 1.83 bits per heavy atom. The summed E-state index contributed by atoms with van der Waals surface area (Å²) in [6, 6.07) is 8.62. The van der Waals surface area contributed by atoms with Crippen LogP contribution in [-0.4, -0.2) is 43.2 Å². The molecule has 0 bridgehead atoms. The van der Waals surface area contributed by atoms with Gasteiger partial charge in [-0.1, -0.05) is 43.7 Å². The SMILES string of the molecule is Cc1ccc(C2(C(=O)N3CCC(N)C(C)(C)C3)CCOCC2)cc1. The maximum Gasteiger partial charge on any atom is 0.233 e. The van der Waals surface area contributed by atoms with Gasteiger partial charge in [-0.15, -0.1) is 0 Å². The third-order valence-electron chi connectivity index (χ3n) is 5.96. The molecule has 1 aromatic rings. The number of rotatable bonds is 2. The highest BCUT2D eigenvalue weighted by Gasteiger charge is 2.46. The molecule has 0 aliphatic carbocycles. The molecular formula is C20H30N2O2. The summed E-state index contributed by atoms with van der Waals surface area (Å²) >= 11 is 0. The fourth-order valence-corrected chi connectivity index (χ4v) is 4.07. The van der Waals surface area contributed by atoms with Gasteiger partial charge >= 0.3 is 0 Å². The molecule has 0 saturated carbocycles. The molecule has 2 heterocycles. The Bertz CT molecular complexity index is 588. The van der Waals surface area contributed by atoms with Crippen LogP contribution >= 0.6 is 0 Å². The zero-order valence-corrected chi connectivity index (χ0v) is 15.2. The van der Waals surface area contributed by atoms with E-state index in [9.17, 15) is 4.79 Å². The highest BCUT2D eigenvalue weighted by Crippen LogP contribution is 2.39. The fraction of sp³-hybridized carbons (Fsp3) is 0.650. The van der Waals surface area contributed by atoms with Crippen LogP contribution < -0.4 is 5.73 Å². The third kappa shape index (κ3) is 3.09. The third-order valence-corrected chi connectivity index (χ3v) is 5.96. The summed E-state index contributed by atoms with van der Waals surface area (Å²) < 4.78 is 5.57. The second-order valence-corrected chi connectivity index (χ2v) is 8.17. The van der Waals surface area contributed by atoms with Gasteiger partial charge in [-0.3, -0.25) is 4.79 Å². The number of aryl methyl sites for hydroxylation is 1. The van der Waals surface area contributed by atoms with Gasteiger partial charge in [0.2, 0.25) is 5.91 Å². The number of hydrogen-bond acceptors (Lipinski definition) is 3. The van der Waals surface area contributed by atoms with Crippen molar-refractivity contribution >= 4 is 5.91 Å². The fourth-order valence-electron chi connectivity index (χ4n) is 4.07. The topological polar surface area (TPSA) is 55.6 Å². The minimum absolute atomic E-state index is 0.0342. The van der Waals surface area contributed by atoms with E-state index in [1.54, 1.807) is 0 Å². The lowest BCUT2D eigenvalue weighted by atomic mass is 9.71. The van der Waals surface area contributed by atoms with E-state index in [2.05, 4.69) is 49.9 Å². The maximum atomic E-state index is 13.6. The van der Waals surface area contributed by atoms with E-state index >= 15 is 0 Å². The summed E-state index contributed by atoms with van der Waals surface area (Å²) in [6.07, 6.45) is 2.40. The largest absolute Gasteiger partial charge is 0.381 e. The van der Waals surface area contributed by atoms with Gasteiger partial charge in [0, 0.05) is 32.3 Å². The molecule has 1 unspecified atom stereocenters. The molecule has 4 nitrogen and oxygen atoms in total. The molecular weight excluding hydrogens is 300 g/mol. The van der Waals surface area contributed by atoms with E-state index in [-0.39, 0.29) is 17.4 Å². The summed E-state index contributed by atoms with van der Waals surface area (Å²) in [5.41, 5.74) is 8.14. The molecule has 1 aromatic carbocycles. The van der Waals surface area contributed by atoms with Crippen LogP contribution in [0.5, 0.6) is 0 Å². The monoisotopic (exact) mass is 330 g/mol. The van der Waals surface area contributed by atoms with Crippen molar-refractivity contribution in [1.82, 2.24) is 4.90 Å². The second-order valence-electron chi connectivity index (χ2n) is 8.17. The summed E-state index contributed by atoms with van der Waals surface area (Å²) in [5.74, 6) is 0.259. The zero-order chi connectivity index (χ0) is 17.4. The van der Waals surface area contributed by atoms with Crippen LogP contribution in [-0.2, 0) is 14.9 Å². The minimum Gasteiger partial charge on any atom is -0.381 e. The van der Waals surface area contributed by atoms with Gasteiger partial charge in [0.25, 0.3) is 0 Å². The van der Waals surface area contributed by atoms with Crippen LogP contribution in [0.1, 0.15) is 44.2 Å². The van der Waals surface area contributed by atoms with Crippen LogP contribution in [0.3, 0.4) is 0 Å². The van der Waals surface area contributed by atoms with Gasteiger partial charge in [-0.05, 0) is 37.2 Å². The molecule has 0 spiro atoms. The van der Waals surface area contributed by atoms with E-state index in [0.29, 0.717) is 13.2 Å². The smallest absolute Gasteiger partial charge is 0.233 e. The highest BCUT2D eigenvalue weighted by molar-refractivity contribution is 5.88. The first-order chi connectivity index (χ1) is 11.3. The predicted octanol–water partition coefficient (Wildman–Crippen LogP) is 2.63. The van der Waals surface area contributed by atoms with Gasteiger partial charge in [-0.25, -0.2) is 0 Å². The number of likely N-dealkylation sites (tertiary alicyclic amines) is 1. The highest BCUT2D eigenvalue weighted by atomic mass is 16.5. The predicted molar refractivity (Wildman–Crippen MR) is 95.9 cm³/mol. The first-order valence-corrected chi connectivity index (χ1v) is 9.05. The molecule has 2 saturated heterocycles. The number of carbonyl (C=O) groups excluding carboxylic acids is 1. The van der Waals surface area contributed by atoms with E-state index in [4.69, 9.17) is 10.5 Å². The quantitative estimate of drug-likeness (QED) is 0.907. The number of benzene rings is 1. The van der Waals surface area contributed by atoms with Gasteiger partial charge in [0.15, 0.2) is 0 Å². The summed E-state index contributed by atoms with van der Waals surface area (Å²) in [5, 5.41) is 0. The first-order valence-electron chi connectivity index (χ1n) is 9.05. The number of piperidine rings is 1. The van der Waals surface area contributed by atoms with Gasteiger partial charge in [0.1, 0.15) is 0 Å². The summed E-state index contributed by atoms with van der Waals surface area (Å²) in [7, 11) is 0. The summed E-state index contributed by atoms with van der Waals surface area (Å²) in [4.78, 5) is 15.6. The van der Waals surface area contributed by atoms with Crippen molar-refractivity contribution < 1.29 is 9.53 Å². The maximum absolute atomic E-state index is 13.6. The standard InChI is InChI=1S/C20H30N2O2/c1-15-4-6-16(7-5-15)20(9-12-24-13-10-20)18(23)22-11-8-17(21)19(2,3)14-22/h4-7,17H,8-14,21H2,1-3H3. The van der Waals surface area contributed by atoms with E-state index in [0.717, 1.165) is 37.9 Å². The zero-order valence-electron chi connectivity index (χ0n) is 15.2. The number of amides is 1. The number of nitrogens with two attached hydrogens (primary N) is 1. The molecule has 3 rings (SSSR count). The molecule has 2 aliphatic rings. The van der Waals surface area contributed by atoms with Crippen molar-refractivity contribution in [1.29, 1.82) is 0 Å². The Labute approximate surface area is 145 Å². The van der Waals surface area contributed by atoms with Crippen molar-refractivity contribution in [2.24, 2.45) is 11.1 Å². The van der Waals surface area contributed by atoms with Crippen molar-refractivity contribution in [3.63, 3.8) is 0 Å². The average molecular weight is 330 g/mol. The lowest BCUT2D eigenvalue weighted by Gasteiger charge is -2.47. The van der Waals surface area contributed by atoms with Gasteiger partial charge < -0.3 is 15.4 Å². The van der Waals surface area contributed by atoms with Crippen molar-refractivity contribution in [3.8, 4) is 0 Å². The Balaban J connectivity index is 1.91. The second kappa shape index (κ2) is 6.49. The average Bonchev–Trinajstić information content (AvgIpc) is 2.58. The minimum atomic E-state index is -0.441.